The average molecular weight is 377 g/mol. The van der Waals surface area contributed by atoms with Gasteiger partial charge in [0.05, 0.1) is 23.8 Å². The lowest BCUT2D eigenvalue weighted by molar-refractivity contribution is 0.301. The van der Waals surface area contributed by atoms with E-state index in [1.165, 1.54) is 0 Å². The van der Waals surface area contributed by atoms with E-state index in [2.05, 4.69) is 52.1 Å². The number of rotatable bonds is 4. The molecule has 18 heavy (non-hydrogen) atoms. The Morgan fingerprint density at radius 1 is 1.28 bits per heavy atom. The third-order valence-electron chi connectivity index (χ3n) is 2.43. The molecule has 1 N–H and O–H groups in total. The largest absolute Gasteiger partial charge is 0.495 e. The molecule has 0 atom stereocenters. The zero-order valence-electron chi connectivity index (χ0n) is 9.83. The highest BCUT2D eigenvalue weighted by Gasteiger charge is 2.09. The van der Waals surface area contributed by atoms with E-state index in [0.29, 0.717) is 6.54 Å². The molecule has 0 saturated carbocycles. The first-order chi connectivity index (χ1) is 8.61. The molecule has 1 aromatic carbocycles. The van der Waals surface area contributed by atoms with Crippen LogP contribution in [0.25, 0.3) is 0 Å². The summed E-state index contributed by atoms with van der Waals surface area (Å²) in [6.45, 7) is 2.39. The van der Waals surface area contributed by atoms with Gasteiger partial charge in [-0.05, 0) is 44.8 Å². The second kappa shape index (κ2) is 5.71. The molecule has 0 unspecified atom stereocenters. The summed E-state index contributed by atoms with van der Waals surface area (Å²) in [5, 5.41) is 10.8. The van der Waals surface area contributed by atoms with Crippen molar-refractivity contribution in [3.63, 3.8) is 0 Å². The molecule has 2 aromatic rings. The Balaban J connectivity index is 2.16. The number of methoxy groups -OCH3 is 1. The van der Waals surface area contributed by atoms with Gasteiger partial charge in [-0.2, -0.15) is 0 Å². The topological polar surface area (TPSA) is 60.2 Å². The molecule has 0 radical (unpaired) electrons. The van der Waals surface area contributed by atoms with Crippen molar-refractivity contribution >= 4 is 37.5 Å². The molecule has 0 aliphatic carbocycles. The Morgan fingerprint density at radius 2 is 2.06 bits per heavy atom. The molecule has 1 heterocycles. The highest BCUT2D eigenvalue weighted by molar-refractivity contribution is 9.11. The third kappa shape index (κ3) is 2.84. The van der Waals surface area contributed by atoms with Crippen molar-refractivity contribution in [2.75, 3.05) is 12.4 Å². The fraction of sp³-hybridized carbons (Fsp3) is 0.273. The van der Waals surface area contributed by atoms with E-state index in [4.69, 9.17) is 4.74 Å². The number of aromatic nitrogens is 2. The van der Waals surface area contributed by atoms with Gasteiger partial charge in [-0.15, -0.1) is 0 Å². The maximum atomic E-state index is 5.25. The number of anilines is 1. The first kappa shape index (κ1) is 13.4. The second-order valence-corrected chi connectivity index (χ2v) is 5.33. The van der Waals surface area contributed by atoms with Crippen LogP contribution in [0, 0.1) is 6.92 Å². The van der Waals surface area contributed by atoms with Crippen LogP contribution in [-0.2, 0) is 6.54 Å². The molecule has 2 rings (SSSR count). The van der Waals surface area contributed by atoms with Crippen molar-refractivity contribution in [1.82, 2.24) is 10.3 Å². The lowest BCUT2D eigenvalue weighted by Crippen LogP contribution is -2.02. The van der Waals surface area contributed by atoms with Crippen LogP contribution in [0.2, 0.25) is 0 Å². The predicted octanol–water partition coefficient (Wildman–Crippen LogP) is 3.52. The predicted molar refractivity (Wildman–Crippen MR) is 74.8 cm³/mol. The highest BCUT2D eigenvalue weighted by atomic mass is 79.9. The maximum absolute atomic E-state index is 5.25. The molecule has 1 aromatic heterocycles. The van der Waals surface area contributed by atoms with Crippen molar-refractivity contribution in [3.05, 3.63) is 32.5 Å². The molecule has 0 saturated heterocycles. The van der Waals surface area contributed by atoms with Crippen LogP contribution in [0.1, 0.15) is 11.4 Å². The molecular weight excluding hydrogens is 366 g/mol. The molecule has 0 bridgehead atoms. The molecule has 0 fully saturated rings. The minimum atomic E-state index is 0.540. The van der Waals surface area contributed by atoms with Gasteiger partial charge < -0.3 is 10.1 Å². The third-order valence-corrected chi connectivity index (χ3v) is 3.71. The average Bonchev–Trinajstić information content (AvgIpc) is 2.74. The van der Waals surface area contributed by atoms with Crippen LogP contribution in [0.5, 0.6) is 5.75 Å². The fourth-order valence-electron chi connectivity index (χ4n) is 1.41. The van der Waals surface area contributed by atoms with E-state index < -0.39 is 0 Å². The number of aryl methyl sites for hydroxylation is 1. The lowest BCUT2D eigenvalue weighted by atomic mass is 10.3. The summed E-state index contributed by atoms with van der Waals surface area (Å²) < 4.78 is 11.7. The summed E-state index contributed by atoms with van der Waals surface area (Å²) >= 11 is 6.91. The van der Waals surface area contributed by atoms with E-state index in [0.717, 1.165) is 31.8 Å². The molecular formula is C11H11Br2N3O2. The Kier molecular flexibility index (Phi) is 4.23. The second-order valence-electron chi connectivity index (χ2n) is 3.62. The van der Waals surface area contributed by atoms with Crippen molar-refractivity contribution in [2.45, 2.75) is 13.5 Å². The zero-order chi connectivity index (χ0) is 13.1. The van der Waals surface area contributed by atoms with Crippen molar-refractivity contribution in [1.29, 1.82) is 0 Å². The van der Waals surface area contributed by atoms with E-state index in [-0.39, 0.29) is 0 Å². The van der Waals surface area contributed by atoms with Crippen molar-refractivity contribution in [2.24, 2.45) is 0 Å². The molecule has 5 nitrogen and oxygen atoms in total. The van der Waals surface area contributed by atoms with E-state index in [1.807, 2.05) is 19.1 Å². The van der Waals surface area contributed by atoms with Gasteiger partial charge >= 0.3 is 0 Å². The SMILES string of the molecule is COc1cc(NCc2nonc2C)c(Br)cc1Br. The van der Waals surface area contributed by atoms with Crippen LogP contribution in [-0.4, -0.2) is 17.4 Å². The molecule has 0 aliphatic rings. The summed E-state index contributed by atoms with van der Waals surface area (Å²) in [5.74, 6) is 0.760. The minimum absolute atomic E-state index is 0.540. The van der Waals surface area contributed by atoms with Gasteiger partial charge in [0.25, 0.3) is 0 Å². The highest BCUT2D eigenvalue weighted by Crippen LogP contribution is 2.34. The Hall–Kier alpha value is -1.08. The number of halogens is 2. The van der Waals surface area contributed by atoms with Gasteiger partial charge in [-0.1, -0.05) is 10.3 Å². The number of ether oxygens (including phenoxy) is 1. The fourth-order valence-corrected chi connectivity index (χ4v) is 2.71. The van der Waals surface area contributed by atoms with E-state index in [9.17, 15) is 0 Å². The van der Waals surface area contributed by atoms with Gasteiger partial charge in [0.15, 0.2) is 0 Å². The molecule has 0 amide bonds. The van der Waals surface area contributed by atoms with Crippen LogP contribution in [0.4, 0.5) is 5.69 Å². The first-order valence-electron chi connectivity index (χ1n) is 5.16. The monoisotopic (exact) mass is 375 g/mol. The molecule has 0 aliphatic heterocycles. The van der Waals surface area contributed by atoms with Crippen LogP contribution in [0.15, 0.2) is 25.7 Å². The number of nitrogens with zero attached hydrogens (tertiary/aromatic N) is 2. The van der Waals surface area contributed by atoms with Crippen LogP contribution >= 0.6 is 31.9 Å². The minimum Gasteiger partial charge on any atom is -0.495 e. The lowest BCUT2D eigenvalue weighted by Gasteiger charge is -2.10. The number of nitrogens with one attached hydrogen (secondary N) is 1. The summed E-state index contributed by atoms with van der Waals surface area (Å²) in [5.41, 5.74) is 2.48. The number of hydrogen-bond acceptors (Lipinski definition) is 5. The van der Waals surface area contributed by atoms with Gasteiger partial charge in [-0.25, -0.2) is 4.63 Å². The quantitative estimate of drug-likeness (QED) is 0.884. The Labute approximate surface area is 121 Å². The molecule has 0 spiro atoms. The summed E-state index contributed by atoms with van der Waals surface area (Å²) in [7, 11) is 1.63. The molecule has 7 heteroatoms. The normalized spacial score (nSPS) is 10.4. The zero-order valence-corrected chi connectivity index (χ0v) is 13.0. The van der Waals surface area contributed by atoms with Gasteiger partial charge in [0.2, 0.25) is 0 Å². The Morgan fingerprint density at radius 3 is 2.67 bits per heavy atom. The summed E-state index contributed by atoms with van der Waals surface area (Å²) in [6, 6.07) is 3.83. The number of benzene rings is 1. The Bertz CT molecular complexity index is 557. The van der Waals surface area contributed by atoms with Gasteiger partial charge in [-0.3, -0.25) is 0 Å². The van der Waals surface area contributed by atoms with Crippen LogP contribution < -0.4 is 10.1 Å². The number of hydrogen-bond donors (Lipinski definition) is 1. The van der Waals surface area contributed by atoms with Gasteiger partial charge in [0.1, 0.15) is 17.1 Å². The maximum Gasteiger partial charge on any atom is 0.135 e. The van der Waals surface area contributed by atoms with Crippen molar-refractivity contribution < 1.29 is 9.37 Å². The standard InChI is InChI=1S/C11H11Br2N3O2/c1-6-10(16-18-15-6)5-14-9-4-11(17-2)8(13)3-7(9)12/h3-4,14H,5H2,1-2H3. The molecule has 96 valence electrons. The van der Waals surface area contributed by atoms with E-state index in [1.54, 1.807) is 7.11 Å². The first-order valence-corrected chi connectivity index (χ1v) is 6.75. The summed E-state index contributed by atoms with van der Waals surface area (Å²) in [6.07, 6.45) is 0. The van der Waals surface area contributed by atoms with Crippen molar-refractivity contribution in [3.8, 4) is 5.75 Å². The summed E-state index contributed by atoms with van der Waals surface area (Å²) in [4.78, 5) is 0. The van der Waals surface area contributed by atoms with E-state index >= 15 is 0 Å². The van der Waals surface area contributed by atoms with Gasteiger partial charge in [0, 0.05) is 10.5 Å². The smallest absolute Gasteiger partial charge is 0.135 e. The van der Waals surface area contributed by atoms with Crippen LogP contribution in [0.3, 0.4) is 0 Å².